The number of hydrogen-bond acceptors (Lipinski definition) is 5. The number of nitrogens with one attached hydrogen (secondary N) is 1. The van der Waals surface area contributed by atoms with Crippen molar-refractivity contribution in [3.63, 3.8) is 0 Å². The largest absolute Gasteiger partial charge is 0.352 e. The zero-order valence-electron chi connectivity index (χ0n) is 15.3. The number of amides is 1. The minimum absolute atomic E-state index is 0.118. The highest BCUT2D eigenvalue weighted by molar-refractivity contribution is 5.94. The molecule has 0 radical (unpaired) electrons. The first-order valence-electron chi connectivity index (χ1n) is 9.15. The molecule has 0 bridgehead atoms. The maximum atomic E-state index is 13.8. The molecule has 2 heterocycles. The molecule has 2 aromatic carbocycles. The summed E-state index contributed by atoms with van der Waals surface area (Å²) in [5.74, 6) is 0.675. The van der Waals surface area contributed by atoms with E-state index in [1.54, 1.807) is 17.0 Å². The van der Waals surface area contributed by atoms with Crippen LogP contribution >= 0.6 is 0 Å². The summed E-state index contributed by atoms with van der Waals surface area (Å²) in [6.07, 6.45) is 0. The van der Waals surface area contributed by atoms with Gasteiger partial charge >= 0.3 is 0 Å². The van der Waals surface area contributed by atoms with Crippen molar-refractivity contribution in [2.24, 2.45) is 0 Å². The second-order valence-corrected chi connectivity index (χ2v) is 6.53. The summed E-state index contributed by atoms with van der Waals surface area (Å²) >= 11 is 0. The molecule has 0 unspecified atom stereocenters. The topological polar surface area (TPSA) is 61.4 Å². The summed E-state index contributed by atoms with van der Waals surface area (Å²) in [4.78, 5) is 16.3. The molecule has 1 aromatic heterocycles. The second-order valence-electron chi connectivity index (χ2n) is 6.53. The molecule has 3 aromatic rings. The van der Waals surface area contributed by atoms with Gasteiger partial charge in [-0.3, -0.25) is 4.79 Å². The van der Waals surface area contributed by atoms with Crippen molar-refractivity contribution in [2.45, 2.75) is 0 Å². The normalized spacial score (nSPS) is 14.0. The Morgan fingerprint density at radius 2 is 1.57 bits per heavy atom. The van der Waals surface area contributed by atoms with Gasteiger partial charge in [0.25, 0.3) is 5.91 Å². The number of benzene rings is 2. The Hall–Kier alpha value is -3.48. The van der Waals surface area contributed by atoms with E-state index < -0.39 is 5.82 Å². The van der Waals surface area contributed by atoms with Crippen molar-refractivity contribution in [1.29, 1.82) is 0 Å². The lowest BCUT2D eigenvalue weighted by molar-refractivity contribution is 0.0742. The number of aromatic nitrogens is 2. The molecule has 1 amide bonds. The number of nitrogens with zero attached hydrogens (tertiary/aromatic N) is 4. The van der Waals surface area contributed by atoms with Crippen LogP contribution in [0, 0.1) is 5.82 Å². The SMILES string of the molecule is O=C(c1ccccc1F)N1CCN(c2ccc(Nc3ccccc3)nn2)CC1. The molecule has 0 spiro atoms. The lowest BCUT2D eigenvalue weighted by Gasteiger charge is -2.35. The molecule has 28 heavy (non-hydrogen) atoms. The quantitative estimate of drug-likeness (QED) is 0.756. The first-order valence-corrected chi connectivity index (χ1v) is 9.15. The van der Waals surface area contributed by atoms with Crippen LogP contribution in [0.2, 0.25) is 0 Å². The zero-order chi connectivity index (χ0) is 19.3. The number of anilines is 3. The molecule has 0 saturated carbocycles. The van der Waals surface area contributed by atoms with E-state index in [-0.39, 0.29) is 11.5 Å². The van der Waals surface area contributed by atoms with Gasteiger partial charge in [-0.15, -0.1) is 10.2 Å². The molecule has 142 valence electrons. The monoisotopic (exact) mass is 377 g/mol. The lowest BCUT2D eigenvalue weighted by Crippen LogP contribution is -2.49. The molecule has 0 aliphatic carbocycles. The summed E-state index contributed by atoms with van der Waals surface area (Å²) in [7, 11) is 0. The van der Waals surface area contributed by atoms with Gasteiger partial charge in [0.1, 0.15) is 5.82 Å². The first-order chi connectivity index (χ1) is 13.7. The Bertz CT molecular complexity index is 941. The Morgan fingerprint density at radius 1 is 0.857 bits per heavy atom. The molecular weight excluding hydrogens is 357 g/mol. The molecule has 1 saturated heterocycles. The Balaban J connectivity index is 1.36. The van der Waals surface area contributed by atoms with E-state index in [4.69, 9.17) is 0 Å². The molecule has 1 N–H and O–H groups in total. The van der Waals surface area contributed by atoms with E-state index in [0.717, 1.165) is 11.5 Å². The minimum atomic E-state index is -0.484. The summed E-state index contributed by atoms with van der Waals surface area (Å²) in [6, 6.07) is 19.7. The third-order valence-electron chi connectivity index (χ3n) is 4.69. The van der Waals surface area contributed by atoms with E-state index in [0.29, 0.717) is 32.0 Å². The van der Waals surface area contributed by atoms with Crippen LogP contribution in [0.25, 0.3) is 0 Å². The molecule has 1 aliphatic rings. The maximum Gasteiger partial charge on any atom is 0.256 e. The third-order valence-corrected chi connectivity index (χ3v) is 4.69. The highest BCUT2D eigenvalue weighted by Gasteiger charge is 2.24. The van der Waals surface area contributed by atoms with Gasteiger partial charge in [-0.2, -0.15) is 0 Å². The van der Waals surface area contributed by atoms with Crippen molar-refractivity contribution in [3.05, 3.63) is 78.1 Å². The van der Waals surface area contributed by atoms with Crippen LogP contribution in [-0.2, 0) is 0 Å². The number of para-hydroxylation sites is 1. The first kappa shape index (κ1) is 17.9. The van der Waals surface area contributed by atoms with Crippen molar-refractivity contribution in [2.75, 3.05) is 36.4 Å². The average molecular weight is 377 g/mol. The molecule has 0 atom stereocenters. The van der Waals surface area contributed by atoms with Gasteiger partial charge in [-0.25, -0.2) is 4.39 Å². The van der Waals surface area contributed by atoms with Crippen LogP contribution in [0.1, 0.15) is 10.4 Å². The predicted molar refractivity (Wildman–Crippen MR) is 106 cm³/mol. The Labute approximate surface area is 162 Å². The highest BCUT2D eigenvalue weighted by Crippen LogP contribution is 2.18. The number of piperazine rings is 1. The Kier molecular flexibility index (Phi) is 5.14. The van der Waals surface area contributed by atoms with Crippen LogP contribution < -0.4 is 10.2 Å². The van der Waals surface area contributed by atoms with Gasteiger partial charge in [0.15, 0.2) is 11.6 Å². The van der Waals surface area contributed by atoms with Crippen LogP contribution in [0.15, 0.2) is 66.7 Å². The average Bonchev–Trinajstić information content (AvgIpc) is 2.75. The summed E-state index contributed by atoms with van der Waals surface area (Å²) in [5, 5.41) is 11.7. The van der Waals surface area contributed by atoms with E-state index in [1.165, 1.54) is 12.1 Å². The number of hydrogen-bond donors (Lipinski definition) is 1. The fraction of sp³-hybridized carbons (Fsp3) is 0.190. The minimum Gasteiger partial charge on any atom is -0.352 e. The number of carbonyl (C=O) groups excluding carboxylic acids is 1. The van der Waals surface area contributed by atoms with Crippen molar-refractivity contribution >= 4 is 23.2 Å². The zero-order valence-corrected chi connectivity index (χ0v) is 15.3. The van der Waals surface area contributed by atoms with Gasteiger partial charge in [0.2, 0.25) is 0 Å². The third kappa shape index (κ3) is 3.93. The molecule has 7 heteroatoms. The lowest BCUT2D eigenvalue weighted by atomic mass is 10.1. The van der Waals surface area contributed by atoms with Gasteiger partial charge in [0.05, 0.1) is 5.56 Å². The number of rotatable bonds is 4. The van der Waals surface area contributed by atoms with Crippen molar-refractivity contribution in [1.82, 2.24) is 15.1 Å². The van der Waals surface area contributed by atoms with Gasteiger partial charge in [-0.05, 0) is 36.4 Å². The van der Waals surface area contributed by atoms with E-state index in [1.807, 2.05) is 42.5 Å². The second kappa shape index (κ2) is 8.04. The van der Waals surface area contributed by atoms with Crippen LogP contribution in [-0.4, -0.2) is 47.2 Å². The summed E-state index contributed by atoms with van der Waals surface area (Å²) < 4.78 is 13.8. The van der Waals surface area contributed by atoms with Gasteiger partial charge < -0.3 is 15.1 Å². The number of halogens is 1. The highest BCUT2D eigenvalue weighted by atomic mass is 19.1. The van der Waals surface area contributed by atoms with E-state index >= 15 is 0 Å². The number of carbonyl (C=O) groups is 1. The molecule has 1 aliphatic heterocycles. The molecule has 6 nitrogen and oxygen atoms in total. The summed E-state index contributed by atoms with van der Waals surface area (Å²) in [6.45, 7) is 2.28. The summed E-state index contributed by atoms with van der Waals surface area (Å²) in [5.41, 5.74) is 1.07. The fourth-order valence-corrected chi connectivity index (χ4v) is 3.17. The smallest absolute Gasteiger partial charge is 0.256 e. The van der Waals surface area contributed by atoms with Crippen LogP contribution in [0.5, 0.6) is 0 Å². The Morgan fingerprint density at radius 3 is 2.25 bits per heavy atom. The van der Waals surface area contributed by atoms with Gasteiger partial charge in [0, 0.05) is 31.9 Å². The van der Waals surface area contributed by atoms with Crippen LogP contribution in [0.3, 0.4) is 0 Å². The van der Waals surface area contributed by atoms with E-state index in [9.17, 15) is 9.18 Å². The molecule has 4 rings (SSSR count). The van der Waals surface area contributed by atoms with Crippen LogP contribution in [0.4, 0.5) is 21.7 Å². The van der Waals surface area contributed by atoms with Crippen molar-refractivity contribution in [3.8, 4) is 0 Å². The molecular formula is C21H20FN5O. The maximum absolute atomic E-state index is 13.8. The standard InChI is InChI=1S/C21H20FN5O/c22-18-9-5-4-8-17(18)21(28)27-14-12-26(13-15-27)20-11-10-19(24-25-20)23-16-6-2-1-3-7-16/h1-11H,12-15H2,(H,23,24). The predicted octanol–water partition coefficient (Wildman–Crippen LogP) is 3.32. The van der Waals surface area contributed by atoms with Gasteiger partial charge in [-0.1, -0.05) is 30.3 Å². The fourth-order valence-electron chi connectivity index (χ4n) is 3.17. The van der Waals surface area contributed by atoms with E-state index in [2.05, 4.69) is 20.4 Å². The van der Waals surface area contributed by atoms with Crippen molar-refractivity contribution < 1.29 is 9.18 Å². The molecule has 1 fully saturated rings.